The van der Waals surface area contributed by atoms with Gasteiger partial charge in [-0.05, 0) is 56.5 Å². The summed E-state index contributed by atoms with van der Waals surface area (Å²) in [7, 11) is 1.90. The lowest BCUT2D eigenvalue weighted by Gasteiger charge is -2.41. The molecule has 0 saturated carbocycles. The van der Waals surface area contributed by atoms with Gasteiger partial charge >= 0.3 is 0 Å². The number of rotatable bonds is 4. The van der Waals surface area contributed by atoms with Crippen LogP contribution in [-0.2, 0) is 10.2 Å². The molecule has 0 radical (unpaired) electrons. The molecule has 0 aliphatic carbocycles. The Hall–Kier alpha value is -2.36. The van der Waals surface area contributed by atoms with Crippen molar-refractivity contribution in [2.75, 3.05) is 25.0 Å². The standard InChI is InChI=1S/C22H27FN2O/c1-22(2,17-11-13-18(23)14-12-17)21(26)24(3)20-10-7-15-25(16-20)19-8-5-4-6-9-19/h4-6,8-9,11-14,20H,7,10,15-16H2,1-3H3. The summed E-state index contributed by atoms with van der Waals surface area (Å²) in [6.45, 7) is 5.68. The van der Waals surface area contributed by atoms with E-state index in [2.05, 4.69) is 17.0 Å². The Morgan fingerprint density at radius 2 is 1.77 bits per heavy atom. The topological polar surface area (TPSA) is 23.6 Å². The fraction of sp³-hybridized carbons (Fsp3) is 0.409. The summed E-state index contributed by atoms with van der Waals surface area (Å²) in [5, 5.41) is 0. The smallest absolute Gasteiger partial charge is 0.232 e. The Kier molecular flexibility index (Phi) is 5.30. The number of benzene rings is 2. The molecule has 0 aromatic heterocycles. The molecule has 0 bridgehead atoms. The van der Waals surface area contributed by atoms with E-state index in [0.29, 0.717) is 0 Å². The third-order valence-electron chi connectivity index (χ3n) is 5.49. The number of hydrogen-bond donors (Lipinski definition) is 0. The molecule has 0 spiro atoms. The first kappa shape index (κ1) is 18.4. The Labute approximate surface area is 155 Å². The fourth-order valence-electron chi connectivity index (χ4n) is 3.74. The zero-order valence-electron chi connectivity index (χ0n) is 15.8. The second kappa shape index (κ2) is 7.48. The zero-order chi connectivity index (χ0) is 18.7. The van der Waals surface area contributed by atoms with Crippen LogP contribution in [0.5, 0.6) is 0 Å². The number of carbonyl (C=O) groups is 1. The number of carbonyl (C=O) groups excluding carboxylic acids is 1. The molecule has 3 rings (SSSR count). The third kappa shape index (κ3) is 3.74. The van der Waals surface area contributed by atoms with E-state index in [-0.39, 0.29) is 17.8 Å². The summed E-state index contributed by atoms with van der Waals surface area (Å²) in [6.07, 6.45) is 2.07. The monoisotopic (exact) mass is 354 g/mol. The second-order valence-corrected chi connectivity index (χ2v) is 7.63. The van der Waals surface area contributed by atoms with Crippen molar-refractivity contribution in [2.45, 2.75) is 38.1 Å². The molecule has 1 fully saturated rings. The van der Waals surface area contributed by atoms with Gasteiger partial charge in [-0.2, -0.15) is 0 Å². The molecule has 3 nitrogen and oxygen atoms in total. The number of hydrogen-bond acceptors (Lipinski definition) is 2. The fourth-order valence-corrected chi connectivity index (χ4v) is 3.74. The number of anilines is 1. The number of nitrogens with zero attached hydrogens (tertiary/aromatic N) is 2. The SMILES string of the molecule is CN(C(=O)C(C)(C)c1ccc(F)cc1)C1CCCN(c2ccccc2)C1. The Balaban J connectivity index is 1.74. The number of piperidine rings is 1. The van der Waals surface area contributed by atoms with Crippen molar-refractivity contribution in [1.29, 1.82) is 0 Å². The van der Waals surface area contributed by atoms with Gasteiger partial charge in [0.05, 0.1) is 5.41 Å². The zero-order valence-corrected chi connectivity index (χ0v) is 15.8. The summed E-state index contributed by atoms with van der Waals surface area (Å²) in [5.41, 5.74) is 1.36. The highest BCUT2D eigenvalue weighted by molar-refractivity contribution is 5.87. The van der Waals surface area contributed by atoms with Gasteiger partial charge in [0, 0.05) is 31.9 Å². The predicted octanol–water partition coefficient (Wildman–Crippen LogP) is 4.23. The van der Waals surface area contributed by atoms with E-state index in [0.717, 1.165) is 31.5 Å². The summed E-state index contributed by atoms with van der Waals surface area (Å²) in [4.78, 5) is 17.4. The van der Waals surface area contributed by atoms with E-state index in [1.807, 2.05) is 44.0 Å². The number of para-hydroxylation sites is 1. The molecule has 26 heavy (non-hydrogen) atoms. The lowest BCUT2D eigenvalue weighted by molar-refractivity contribution is -0.137. The maximum atomic E-state index is 13.2. The highest BCUT2D eigenvalue weighted by Crippen LogP contribution is 2.29. The van der Waals surface area contributed by atoms with Crippen molar-refractivity contribution < 1.29 is 9.18 Å². The summed E-state index contributed by atoms with van der Waals surface area (Å²) in [6, 6.07) is 16.8. The first-order valence-corrected chi connectivity index (χ1v) is 9.23. The third-order valence-corrected chi connectivity index (χ3v) is 5.49. The molecule has 1 aliphatic heterocycles. The van der Waals surface area contributed by atoms with Crippen LogP contribution in [0.25, 0.3) is 0 Å². The van der Waals surface area contributed by atoms with Gasteiger partial charge in [-0.25, -0.2) is 4.39 Å². The van der Waals surface area contributed by atoms with Crippen molar-refractivity contribution in [3.8, 4) is 0 Å². The van der Waals surface area contributed by atoms with E-state index in [4.69, 9.17) is 0 Å². The molecule has 2 aromatic rings. The largest absolute Gasteiger partial charge is 0.369 e. The van der Waals surface area contributed by atoms with E-state index in [9.17, 15) is 9.18 Å². The van der Waals surface area contributed by atoms with Crippen LogP contribution >= 0.6 is 0 Å². The van der Waals surface area contributed by atoms with Crippen molar-refractivity contribution in [3.05, 3.63) is 66.0 Å². The second-order valence-electron chi connectivity index (χ2n) is 7.63. The van der Waals surface area contributed by atoms with Crippen LogP contribution < -0.4 is 4.90 Å². The number of likely N-dealkylation sites (N-methyl/N-ethyl adjacent to an activating group) is 1. The quantitative estimate of drug-likeness (QED) is 0.820. The van der Waals surface area contributed by atoms with Gasteiger partial charge in [-0.1, -0.05) is 30.3 Å². The summed E-state index contributed by atoms with van der Waals surface area (Å²) < 4.78 is 13.2. The molecule has 1 saturated heterocycles. The molecule has 4 heteroatoms. The van der Waals surface area contributed by atoms with Gasteiger partial charge in [0.1, 0.15) is 5.82 Å². The predicted molar refractivity (Wildman–Crippen MR) is 104 cm³/mol. The molecule has 2 aromatic carbocycles. The van der Waals surface area contributed by atoms with Crippen LogP contribution in [0.15, 0.2) is 54.6 Å². The van der Waals surface area contributed by atoms with Gasteiger partial charge < -0.3 is 9.80 Å². The number of amides is 1. The minimum atomic E-state index is -0.683. The average molecular weight is 354 g/mol. The first-order valence-electron chi connectivity index (χ1n) is 9.23. The molecule has 1 heterocycles. The van der Waals surface area contributed by atoms with Gasteiger partial charge in [0.15, 0.2) is 0 Å². The Morgan fingerprint density at radius 3 is 2.42 bits per heavy atom. The van der Waals surface area contributed by atoms with Crippen molar-refractivity contribution >= 4 is 11.6 Å². The molecule has 1 unspecified atom stereocenters. The van der Waals surface area contributed by atoms with E-state index in [1.54, 1.807) is 12.1 Å². The molecule has 0 N–H and O–H groups in total. The molecular weight excluding hydrogens is 327 g/mol. The van der Waals surface area contributed by atoms with Gasteiger partial charge in [0.25, 0.3) is 0 Å². The first-order chi connectivity index (χ1) is 12.4. The maximum Gasteiger partial charge on any atom is 0.232 e. The van der Waals surface area contributed by atoms with Crippen LogP contribution in [0.1, 0.15) is 32.3 Å². The Bertz CT molecular complexity index is 742. The maximum absolute atomic E-state index is 13.2. The van der Waals surface area contributed by atoms with Crippen LogP contribution in [0.3, 0.4) is 0 Å². The molecule has 1 amide bonds. The molecule has 138 valence electrons. The highest BCUT2D eigenvalue weighted by atomic mass is 19.1. The van der Waals surface area contributed by atoms with Gasteiger partial charge in [0.2, 0.25) is 5.91 Å². The summed E-state index contributed by atoms with van der Waals surface area (Å²) >= 11 is 0. The van der Waals surface area contributed by atoms with E-state index >= 15 is 0 Å². The van der Waals surface area contributed by atoms with Crippen LogP contribution in [-0.4, -0.2) is 37.0 Å². The summed E-state index contributed by atoms with van der Waals surface area (Å²) in [5.74, 6) is -0.208. The van der Waals surface area contributed by atoms with E-state index < -0.39 is 5.41 Å². The van der Waals surface area contributed by atoms with Gasteiger partial charge in [-0.15, -0.1) is 0 Å². The van der Waals surface area contributed by atoms with Crippen LogP contribution in [0.4, 0.5) is 10.1 Å². The average Bonchev–Trinajstić information content (AvgIpc) is 2.68. The number of halogens is 1. The minimum absolute atomic E-state index is 0.0732. The van der Waals surface area contributed by atoms with Crippen molar-refractivity contribution in [2.24, 2.45) is 0 Å². The highest BCUT2D eigenvalue weighted by Gasteiger charge is 2.36. The Morgan fingerprint density at radius 1 is 1.12 bits per heavy atom. The van der Waals surface area contributed by atoms with Crippen LogP contribution in [0.2, 0.25) is 0 Å². The van der Waals surface area contributed by atoms with Gasteiger partial charge in [-0.3, -0.25) is 4.79 Å². The van der Waals surface area contributed by atoms with Crippen LogP contribution in [0, 0.1) is 5.82 Å². The molecule has 1 aliphatic rings. The normalized spacial score (nSPS) is 17.8. The molecule has 1 atom stereocenters. The molecular formula is C22H27FN2O. The van der Waals surface area contributed by atoms with E-state index in [1.165, 1.54) is 17.8 Å². The minimum Gasteiger partial charge on any atom is -0.369 e. The van der Waals surface area contributed by atoms with Crippen molar-refractivity contribution in [1.82, 2.24) is 4.90 Å². The lowest BCUT2D eigenvalue weighted by Crippen LogP contribution is -2.52. The lowest BCUT2D eigenvalue weighted by atomic mass is 9.82. The van der Waals surface area contributed by atoms with Crippen molar-refractivity contribution in [3.63, 3.8) is 0 Å².